The SMILES string of the molecule is C=CC(=O)N1CCC2[C@H]1CN2c1nc(OC[C@@]23CCCN2C[C@H](F)C3)nc2cc(-c3cccc4cccc(Cl)c34)c(F)cc12. The second-order valence-electron chi connectivity index (χ2n) is 12.5. The van der Waals surface area contributed by atoms with Gasteiger partial charge in [0, 0.05) is 47.4 Å². The molecule has 1 unspecified atom stereocenters. The maximum Gasteiger partial charge on any atom is 0.319 e. The van der Waals surface area contributed by atoms with Crippen LogP contribution in [0, 0.1) is 5.82 Å². The molecule has 1 aromatic heterocycles. The van der Waals surface area contributed by atoms with Gasteiger partial charge in [-0.3, -0.25) is 9.69 Å². The number of aromatic nitrogens is 2. The number of hydrogen-bond donors (Lipinski definition) is 0. The number of halogens is 3. The number of alkyl halides is 1. The van der Waals surface area contributed by atoms with E-state index in [2.05, 4.69) is 16.4 Å². The summed E-state index contributed by atoms with van der Waals surface area (Å²) < 4.78 is 36.9. The van der Waals surface area contributed by atoms with Crippen LogP contribution in [-0.4, -0.2) is 82.3 Å². The number of likely N-dealkylation sites (tertiary alicyclic amines) is 1. The van der Waals surface area contributed by atoms with Crippen molar-refractivity contribution in [3.8, 4) is 17.1 Å². The van der Waals surface area contributed by atoms with Crippen LogP contribution >= 0.6 is 11.6 Å². The summed E-state index contributed by atoms with van der Waals surface area (Å²) in [5.41, 5.74) is 1.24. The summed E-state index contributed by atoms with van der Waals surface area (Å²) >= 11 is 6.61. The van der Waals surface area contributed by atoms with Gasteiger partial charge in [0.15, 0.2) is 0 Å². The van der Waals surface area contributed by atoms with E-state index < -0.39 is 12.0 Å². The molecular weight excluding hydrogens is 584 g/mol. The van der Waals surface area contributed by atoms with E-state index in [9.17, 15) is 9.18 Å². The number of fused-ring (bicyclic) bond motifs is 4. The quantitative estimate of drug-likeness (QED) is 0.242. The molecular formula is C34H32ClF2N5O2. The minimum absolute atomic E-state index is 0.0442. The van der Waals surface area contributed by atoms with Crippen molar-refractivity contribution in [1.82, 2.24) is 19.8 Å². The molecule has 4 aliphatic heterocycles. The Labute approximate surface area is 259 Å². The molecule has 1 amide bonds. The van der Waals surface area contributed by atoms with Gasteiger partial charge in [-0.15, -0.1) is 0 Å². The Kier molecular flexibility index (Phi) is 6.54. The minimum atomic E-state index is -0.869. The molecule has 0 aliphatic carbocycles. The summed E-state index contributed by atoms with van der Waals surface area (Å²) in [6.07, 6.45) is 3.57. The molecule has 4 atom stereocenters. The highest BCUT2D eigenvalue weighted by molar-refractivity contribution is 6.36. The zero-order chi connectivity index (χ0) is 30.2. The van der Waals surface area contributed by atoms with Crippen molar-refractivity contribution in [1.29, 1.82) is 0 Å². The fourth-order valence-corrected chi connectivity index (χ4v) is 8.31. The molecule has 44 heavy (non-hydrogen) atoms. The van der Waals surface area contributed by atoms with Gasteiger partial charge in [0.1, 0.15) is 24.4 Å². The van der Waals surface area contributed by atoms with Crippen molar-refractivity contribution >= 4 is 45.0 Å². The molecule has 0 radical (unpaired) electrons. The van der Waals surface area contributed by atoms with Crippen LogP contribution in [0.1, 0.15) is 25.7 Å². The van der Waals surface area contributed by atoms with Crippen LogP contribution in [0.2, 0.25) is 5.02 Å². The second kappa shape index (κ2) is 10.4. The first-order valence-electron chi connectivity index (χ1n) is 15.3. The lowest BCUT2D eigenvalue weighted by atomic mass is 9.94. The molecule has 4 aromatic rings. The molecule has 4 saturated heterocycles. The molecule has 10 heteroatoms. The van der Waals surface area contributed by atoms with Gasteiger partial charge in [-0.2, -0.15) is 9.97 Å². The topological polar surface area (TPSA) is 61.8 Å². The summed E-state index contributed by atoms with van der Waals surface area (Å²) in [5, 5.41) is 2.80. The van der Waals surface area contributed by atoms with Crippen molar-refractivity contribution in [3.05, 3.63) is 72.0 Å². The molecule has 4 fully saturated rings. The van der Waals surface area contributed by atoms with Crippen LogP contribution in [0.3, 0.4) is 0 Å². The fourth-order valence-electron chi connectivity index (χ4n) is 8.02. The number of ether oxygens (including phenoxy) is 1. The van der Waals surface area contributed by atoms with Crippen LogP contribution < -0.4 is 9.64 Å². The molecule has 0 N–H and O–H groups in total. The molecule has 5 heterocycles. The maximum absolute atomic E-state index is 16.1. The highest BCUT2D eigenvalue weighted by Crippen LogP contribution is 2.43. The second-order valence-corrected chi connectivity index (χ2v) is 12.9. The average Bonchev–Trinajstić information content (AvgIpc) is 3.65. The Morgan fingerprint density at radius 2 is 1.95 bits per heavy atom. The van der Waals surface area contributed by atoms with Crippen molar-refractivity contribution < 1.29 is 18.3 Å². The highest BCUT2D eigenvalue weighted by atomic mass is 35.5. The van der Waals surface area contributed by atoms with E-state index in [-0.39, 0.29) is 29.5 Å². The van der Waals surface area contributed by atoms with Gasteiger partial charge in [-0.25, -0.2) is 8.78 Å². The third-order valence-corrected chi connectivity index (χ3v) is 10.5. The normalized spacial score (nSPS) is 26.2. The number of carbonyl (C=O) groups excluding carboxylic acids is 1. The summed E-state index contributed by atoms with van der Waals surface area (Å²) in [6.45, 7) is 6.43. The lowest BCUT2D eigenvalue weighted by Gasteiger charge is -2.47. The molecule has 8 rings (SSSR count). The van der Waals surface area contributed by atoms with E-state index in [0.717, 1.165) is 36.6 Å². The summed E-state index contributed by atoms with van der Waals surface area (Å²) in [6, 6.07) is 14.9. The van der Waals surface area contributed by atoms with Gasteiger partial charge in [0.05, 0.1) is 23.1 Å². The van der Waals surface area contributed by atoms with Gasteiger partial charge < -0.3 is 14.5 Å². The van der Waals surface area contributed by atoms with Crippen LogP contribution in [0.25, 0.3) is 32.8 Å². The van der Waals surface area contributed by atoms with Gasteiger partial charge in [-0.05, 0) is 61.0 Å². The van der Waals surface area contributed by atoms with Gasteiger partial charge in [0.25, 0.3) is 0 Å². The zero-order valence-electron chi connectivity index (χ0n) is 24.2. The lowest BCUT2D eigenvalue weighted by Crippen LogP contribution is -2.63. The summed E-state index contributed by atoms with van der Waals surface area (Å²) in [5.74, 6) is 0.0909. The lowest BCUT2D eigenvalue weighted by molar-refractivity contribution is -0.127. The van der Waals surface area contributed by atoms with Crippen LogP contribution in [0.4, 0.5) is 14.6 Å². The van der Waals surface area contributed by atoms with Crippen molar-refractivity contribution in [2.45, 2.75) is 49.5 Å². The fraction of sp³-hybridized carbons (Fsp3) is 0.382. The number of anilines is 1. The molecule has 3 aromatic carbocycles. The Morgan fingerprint density at radius 3 is 2.80 bits per heavy atom. The molecule has 4 aliphatic rings. The smallest absolute Gasteiger partial charge is 0.319 e. The third-order valence-electron chi connectivity index (χ3n) is 10.1. The van der Waals surface area contributed by atoms with E-state index >= 15 is 4.39 Å². The predicted octanol–water partition coefficient (Wildman–Crippen LogP) is 6.17. The molecule has 0 spiro atoms. The molecule has 226 valence electrons. The molecule has 0 bridgehead atoms. The maximum atomic E-state index is 16.1. The molecule has 7 nitrogen and oxygen atoms in total. The van der Waals surface area contributed by atoms with E-state index in [1.165, 1.54) is 12.1 Å². The first-order valence-corrected chi connectivity index (χ1v) is 15.6. The number of nitrogens with zero attached hydrogens (tertiary/aromatic N) is 5. The summed E-state index contributed by atoms with van der Waals surface area (Å²) in [4.78, 5) is 28.2. The van der Waals surface area contributed by atoms with Gasteiger partial charge in [-0.1, -0.05) is 48.5 Å². The van der Waals surface area contributed by atoms with Crippen molar-refractivity contribution in [2.75, 3.05) is 37.7 Å². The van der Waals surface area contributed by atoms with Crippen LogP contribution in [0.5, 0.6) is 6.01 Å². The van der Waals surface area contributed by atoms with E-state index in [1.54, 1.807) is 12.1 Å². The minimum Gasteiger partial charge on any atom is -0.461 e. The van der Waals surface area contributed by atoms with Crippen molar-refractivity contribution in [2.24, 2.45) is 0 Å². The Balaban J connectivity index is 1.22. The van der Waals surface area contributed by atoms with E-state index in [0.29, 0.717) is 65.5 Å². The van der Waals surface area contributed by atoms with Crippen molar-refractivity contribution in [3.63, 3.8) is 0 Å². The van der Waals surface area contributed by atoms with E-state index in [1.807, 2.05) is 35.2 Å². The molecule has 0 saturated carbocycles. The number of hydrogen-bond acceptors (Lipinski definition) is 6. The Bertz CT molecular complexity index is 1830. The van der Waals surface area contributed by atoms with Crippen LogP contribution in [-0.2, 0) is 4.79 Å². The highest BCUT2D eigenvalue weighted by Gasteiger charge is 2.51. The van der Waals surface area contributed by atoms with Gasteiger partial charge >= 0.3 is 6.01 Å². The van der Waals surface area contributed by atoms with E-state index in [4.69, 9.17) is 26.3 Å². The first kappa shape index (κ1) is 27.7. The Morgan fingerprint density at radius 1 is 1.11 bits per heavy atom. The van der Waals surface area contributed by atoms with Gasteiger partial charge in [0.2, 0.25) is 5.91 Å². The largest absolute Gasteiger partial charge is 0.461 e. The predicted molar refractivity (Wildman–Crippen MR) is 167 cm³/mol. The standard InChI is InChI=1S/C34H32ClF2N5O2/c1-2-30(43)41-13-10-28-29(41)18-42(28)32-24-14-26(37)23(22-8-3-6-20-7-4-9-25(35)31(20)22)15-27(24)38-33(39-32)44-19-34-11-5-12-40(34)17-21(36)16-34/h2-4,6-9,14-15,21,28-29H,1,5,10-13,16-19H2/t21-,28?,29-,34+/m1/s1. The third kappa shape index (κ3) is 4.27. The zero-order valence-corrected chi connectivity index (χ0v) is 24.9. The monoisotopic (exact) mass is 615 g/mol. The first-order chi connectivity index (χ1) is 21.3. The number of benzene rings is 3. The number of rotatable bonds is 6. The summed E-state index contributed by atoms with van der Waals surface area (Å²) in [7, 11) is 0. The number of amides is 1. The Hall–Kier alpha value is -3.82. The average molecular weight is 616 g/mol. The van der Waals surface area contributed by atoms with Crippen LogP contribution in [0.15, 0.2) is 61.2 Å². The number of carbonyl (C=O) groups is 1.